The monoisotopic (exact) mass is 276 g/mol. The smallest absolute Gasteiger partial charge is 0.335 e. The Bertz CT molecular complexity index is 547. The van der Waals surface area contributed by atoms with Crippen LogP contribution < -0.4 is 10.6 Å². The molecule has 0 unspecified atom stereocenters. The quantitative estimate of drug-likeness (QED) is 0.878. The molecule has 0 atom stereocenters. The van der Waals surface area contributed by atoms with E-state index < -0.39 is 5.97 Å². The average molecular weight is 276 g/mol. The fraction of sp³-hybridized carbons (Fsp3) is 0.467. The fourth-order valence-electron chi connectivity index (χ4n) is 2.34. The molecule has 0 saturated carbocycles. The summed E-state index contributed by atoms with van der Waals surface area (Å²) in [5.41, 5.74) is 7.48. The van der Waals surface area contributed by atoms with Gasteiger partial charge in [0.2, 0.25) is 5.91 Å². The molecule has 1 aromatic carbocycles. The maximum absolute atomic E-state index is 12.3. The van der Waals surface area contributed by atoms with E-state index in [1.54, 1.807) is 23.1 Å². The van der Waals surface area contributed by atoms with E-state index in [-0.39, 0.29) is 17.0 Å². The van der Waals surface area contributed by atoms with Gasteiger partial charge in [0.05, 0.1) is 5.56 Å². The Labute approximate surface area is 118 Å². The molecule has 0 aromatic heterocycles. The van der Waals surface area contributed by atoms with Gasteiger partial charge in [-0.2, -0.15) is 0 Å². The Kier molecular flexibility index (Phi) is 3.81. The lowest BCUT2D eigenvalue weighted by Crippen LogP contribution is -2.35. The summed E-state index contributed by atoms with van der Waals surface area (Å²) in [7, 11) is 0. The number of anilines is 1. The number of carboxylic acids is 1. The molecule has 0 aliphatic carbocycles. The Morgan fingerprint density at radius 2 is 2.10 bits per heavy atom. The Morgan fingerprint density at radius 1 is 1.40 bits per heavy atom. The number of nitrogens with zero attached hydrogens (tertiary/aromatic N) is 1. The Morgan fingerprint density at radius 3 is 2.70 bits per heavy atom. The molecule has 108 valence electrons. The van der Waals surface area contributed by atoms with Crippen LogP contribution in [0.15, 0.2) is 18.2 Å². The molecule has 1 heterocycles. The highest BCUT2D eigenvalue weighted by Crippen LogP contribution is 2.30. The van der Waals surface area contributed by atoms with Crippen molar-refractivity contribution >= 4 is 17.6 Å². The van der Waals surface area contributed by atoms with Crippen LogP contribution >= 0.6 is 0 Å². The summed E-state index contributed by atoms with van der Waals surface area (Å²) in [6.45, 7) is 4.39. The maximum atomic E-state index is 12.3. The zero-order valence-electron chi connectivity index (χ0n) is 11.8. The molecular formula is C15H20N2O3. The average Bonchev–Trinajstić information content (AvgIpc) is 2.77. The van der Waals surface area contributed by atoms with Gasteiger partial charge in [-0.05, 0) is 44.4 Å². The van der Waals surface area contributed by atoms with Gasteiger partial charge in [0.25, 0.3) is 0 Å². The van der Waals surface area contributed by atoms with Crippen molar-refractivity contribution in [2.75, 3.05) is 11.4 Å². The van der Waals surface area contributed by atoms with Gasteiger partial charge >= 0.3 is 5.97 Å². The van der Waals surface area contributed by atoms with Crippen molar-refractivity contribution in [3.8, 4) is 0 Å². The lowest BCUT2D eigenvalue weighted by molar-refractivity contribution is -0.118. The number of fused-ring (bicyclic) bond motifs is 1. The largest absolute Gasteiger partial charge is 0.478 e. The van der Waals surface area contributed by atoms with Crippen molar-refractivity contribution in [1.29, 1.82) is 0 Å². The van der Waals surface area contributed by atoms with Gasteiger partial charge in [-0.3, -0.25) is 4.79 Å². The van der Waals surface area contributed by atoms with Gasteiger partial charge in [-0.15, -0.1) is 0 Å². The van der Waals surface area contributed by atoms with Crippen LogP contribution in [0.4, 0.5) is 5.69 Å². The van der Waals surface area contributed by atoms with E-state index >= 15 is 0 Å². The summed E-state index contributed by atoms with van der Waals surface area (Å²) in [5.74, 6) is -0.972. The Balaban J connectivity index is 2.16. The minimum absolute atomic E-state index is 0.00446. The molecular weight excluding hydrogens is 256 g/mol. The molecule has 5 heteroatoms. The third kappa shape index (κ3) is 3.17. The standard InChI is InChI=1S/C15H20N2O3/c1-15(2,16)7-5-13(18)17-8-6-10-3-4-11(14(19)20)9-12(10)17/h3-4,9H,5-8,16H2,1-2H3,(H,19,20). The van der Waals surface area contributed by atoms with E-state index in [0.717, 1.165) is 17.7 Å². The predicted molar refractivity (Wildman–Crippen MR) is 77.0 cm³/mol. The van der Waals surface area contributed by atoms with Crippen molar-refractivity contribution < 1.29 is 14.7 Å². The van der Waals surface area contributed by atoms with Crippen LogP contribution in [0.2, 0.25) is 0 Å². The molecule has 5 nitrogen and oxygen atoms in total. The van der Waals surface area contributed by atoms with Crippen molar-refractivity contribution in [3.63, 3.8) is 0 Å². The number of rotatable bonds is 4. The van der Waals surface area contributed by atoms with Gasteiger partial charge in [0.1, 0.15) is 0 Å². The molecule has 1 aromatic rings. The molecule has 0 fully saturated rings. The molecule has 0 spiro atoms. The van der Waals surface area contributed by atoms with Gasteiger partial charge in [0.15, 0.2) is 0 Å². The highest BCUT2D eigenvalue weighted by molar-refractivity contribution is 5.97. The number of hydrogen-bond acceptors (Lipinski definition) is 3. The van der Waals surface area contributed by atoms with Crippen LogP contribution in [0.1, 0.15) is 42.6 Å². The minimum atomic E-state index is -0.977. The fourth-order valence-corrected chi connectivity index (χ4v) is 2.34. The topological polar surface area (TPSA) is 83.6 Å². The van der Waals surface area contributed by atoms with Gasteiger partial charge in [-0.1, -0.05) is 6.07 Å². The van der Waals surface area contributed by atoms with Crippen molar-refractivity contribution in [1.82, 2.24) is 0 Å². The molecule has 2 rings (SSSR count). The summed E-state index contributed by atoms with van der Waals surface area (Å²) < 4.78 is 0. The number of carbonyl (C=O) groups is 2. The van der Waals surface area contributed by atoms with Crippen molar-refractivity contribution in [2.24, 2.45) is 5.73 Å². The first kappa shape index (κ1) is 14.5. The summed E-state index contributed by atoms with van der Waals surface area (Å²) in [6, 6.07) is 4.95. The number of hydrogen-bond donors (Lipinski definition) is 2. The predicted octanol–water partition coefficient (Wildman–Crippen LogP) is 1.79. The van der Waals surface area contributed by atoms with Gasteiger partial charge < -0.3 is 15.7 Å². The van der Waals surface area contributed by atoms with Crippen LogP contribution in [0, 0.1) is 0 Å². The van der Waals surface area contributed by atoms with E-state index in [2.05, 4.69) is 0 Å². The number of aromatic carboxylic acids is 1. The van der Waals surface area contributed by atoms with Crippen LogP contribution in [0.25, 0.3) is 0 Å². The number of amides is 1. The zero-order chi connectivity index (χ0) is 14.9. The molecule has 1 aliphatic rings. The van der Waals surface area contributed by atoms with Crippen LogP contribution in [-0.4, -0.2) is 29.1 Å². The summed E-state index contributed by atoms with van der Waals surface area (Å²) in [5, 5.41) is 9.03. The number of carboxylic acid groups (broad SMARTS) is 1. The molecule has 0 radical (unpaired) electrons. The second-order valence-electron chi connectivity index (χ2n) is 5.93. The van der Waals surface area contributed by atoms with Gasteiger partial charge in [0, 0.05) is 24.2 Å². The number of nitrogens with two attached hydrogens (primary N) is 1. The molecule has 0 bridgehead atoms. The van der Waals surface area contributed by atoms with Crippen LogP contribution in [0.5, 0.6) is 0 Å². The summed E-state index contributed by atoms with van der Waals surface area (Å²) >= 11 is 0. The maximum Gasteiger partial charge on any atom is 0.335 e. The molecule has 20 heavy (non-hydrogen) atoms. The second kappa shape index (κ2) is 5.25. The second-order valence-corrected chi connectivity index (χ2v) is 5.93. The first-order valence-electron chi connectivity index (χ1n) is 6.73. The minimum Gasteiger partial charge on any atom is -0.478 e. The van der Waals surface area contributed by atoms with E-state index in [1.807, 2.05) is 13.8 Å². The first-order chi connectivity index (χ1) is 9.28. The SMILES string of the molecule is CC(C)(N)CCC(=O)N1CCc2ccc(C(=O)O)cc21. The van der Waals surface area contributed by atoms with Gasteiger partial charge in [-0.25, -0.2) is 4.79 Å². The zero-order valence-corrected chi connectivity index (χ0v) is 11.8. The summed E-state index contributed by atoms with van der Waals surface area (Å²) in [4.78, 5) is 24.9. The third-order valence-electron chi connectivity index (χ3n) is 3.51. The number of carbonyl (C=O) groups excluding carboxylic acids is 1. The van der Waals surface area contributed by atoms with Crippen LogP contribution in [-0.2, 0) is 11.2 Å². The van der Waals surface area contributed by atoms with E-state index in [1.165, 1.54) is 0 Å². The van der Waals surface area contributed by atoms with E-state index in [0.29, 0.717) is 19.4 Å². The molecule has 1 aliphatic heterocycles. The Hall–Kier alpha value is -1.88. The van der Waals surface area contributed by atoms with Crippen LogP contribution in [0.3, 0.4) is 0 Å². The molecule has 1 amide bonds. The lowest BCUT2D eigenvalue weighted by atomic mass is 9.99. The highest BCUT2D eigenvalue weighted by atomic mass is 16.4. The molecule has 3 N–H and O–H groups in total. The van der Waals surface area contributed by atoms with Crippen molar-refractivity contribution in [3.05, 3.63) is 29.3 Å². The third-order valence-corrected chi connectivity index (χ3v) is 3.51. The first-order valence-corrected chi connectivity index (χ1v) is 6.73. The van der Waals surface area contributed by atoms with E-state index in [9.17, 15) is 9.59 Å². The van der Waals surface area contributed by atoms with E-state index in [4.69, 9.17) is 10.8 Å². The number of benzene rings is 1. The highest BCUT2D eigenvalue weighted by Gasteiger charge is 2.26. The normalized spacial score (nSPS) is 14.2. The lowest BCUT2D eigenvalue weighted by Gasteiger charge is -2.22. The van der Waals surface area contributed by atoms with Crippen molar-refractivity contribution in [2.45, 2.75) is 38.6 Å². The molecule has 0 saturated heterocycles. The summed E-state index contributed by atoms with van der Waals surface area (Å²) in [6.07, 6.45) is 1.75.